The van der Waals surface area contributed by atoms with Crippen LogP contribution in [-0.2, 0) is 0 Å². The first-order valence-corrected chi connectivity index (χ1v) is 4.65. The Balaban J connectivity index is 2.82. The van der Waals surface area contributed by atoms with E-state index in [1.54, 1.807) is 18.8 Å². The van der Waals surface area contributed by atoms with E-state index in [-0.39, 0.29) is 0 Å². The van der Waals surface area contributed by atoms with E-state index in [1.165, 1.54) is 4.90 Å². The molecule has 0 N–H and O–H groups in total. The highest BCUT2D eigenvalue weighted by atomic mass is 32.2. The summed E-state index contributed by atoms with van der Waals surface area (Å²) in [6.45, 7) is 0. The topological polar surface area (TPSA) is 12.4 Å². The Morgan fingerprint density at radius 1 is 1.27 bits per heavy atom. The number of thioether (sulfide) groups is 1. The van der Waals surface area contributed by atoms with Crippen LogP contribution in [0.25, 0.3) is 0 Å². The van der Waals surface area contributed by atoms with Crippen molar-refractivity contribution in [2.45, 2.75) is 4.90 Å². The van der Waals surface area contributed by atoms with Gasteiger partial charge in [0.15, 0.2) is 0 Å². The van der Waals surface area contributed by atoms with Gasteiger partial charge in [0.1, 0.15) is 0 Å². The Labute approximate surface area is 71.5 Å². The molecular formula is C9H11NS. The van der Waals surface area contributed by atoms with E-state index in [2.05, 4.69) is 35.5 Å². The van der Waals surface area contributed by atoms with Crippen LogP contribution in [0.5, 0.6) is 0 Å². The Morgan fingerprint density at radius 3 is 2.36 bits per heavy atom. The summed E-state index contributed by atoms with van der Waals surface area (Å²) < 4.78 is 0. The first-order chi connectivity index (χ1) is 5.36. The molecule has 2 heteroatoms. The summed E-state index contributed by atoms with van der Waals surface area (Å²) >= 11 is 1.75. The van der Waals surface area contributed by atoms with E-state index >= 15 is 0 Å². The molecule has 0 spiro atoms. The average Bonchev–Trinajstić information content (AvgIpc) is 2.07. The molecule has 0 radical (unpaired) electrons. The number of benzene rings is 1. The predicted molar refractivity (Wildman–Crippen MR) is 51.7 cm³/mol. The molecule has 1 rings (SSSR count). The molecule has 0 heterocycles. The second-order valence-corrected chi connectivity index (χ2v) is 3.04. The van der Waals surface area contributed by atoms with Crippen molar-refractivity contribution >= 4 is 18.0 Å². The third-order valence-electron chi connectivity index (χ3n) is 1.39. The van der Waals surface area contributed by atoms with Crippen LogP contribution in [0.2, 0.25) is 0 Å². The molecule has 0 aliphatic heterocycles. The maximum absolute atomic E-state index is 3.93. The van der Waals surface area contributed by atoms with Crippen LogP contribution in [-0.4, -0.2) is 19.5 Å². The van der Waals surface area contributed by atoms with Crippen LogP contribution < -0.4 is 0 Å². The van der Waals surface area contributed by atoms with Crippen molar-refractivity contribution in [3.8, 4) is 0 Å². The zero-order valence-corrected chi connectivity index (χ0v) is 7.56. The minimum Gasteiger partial charge on any atom is -0.296 e. The summed E-state index contributed by atoms with van der Waals surface area (Å²) in [6.07, 6.45) is 3.92. The minimum atomic E-state index is 1.16. The molecule has 0 bridgehead atoms. The van der Waals surface area contributed by atoms with Gasteiger partial charge < -0.3 is 0 Å². The molecule has 0 aliphatic carbocycles. The summed E-state index contributed by atoms with van der Waals surface area (Å²) in [7, 11) is 1.78. The van der Waals surface area contributed by atoms with Gasteiger partial charge in [-0.25, -0.2) is 0 Å². The Bertz CT molecular complexity index is 238. The average molecular weight is 165 g/mol. The fraction of sp³-hybridized carbons (Fsp3) is 0.222. The minimum absolute atomic E-state index is 1.16. The zero-order chi connectivity index (χ0) is 8.10. The van der Waals surface area contributed by atoms with Gasteiger partial charge in [0.2, 0.25) is 0 Å². The standard InChI is InChI=1S/C9H11NS/c1-10-7-8-3-5-9(11-2)6-4-8/h3-7H,1-2H3. The zero-order valence-electron chi connectivity index (χ0n) is 6.74. The second-order valence-electron chi connectivity index (χ2n) is 2.16. The largest absolute Gasteiger partial charge is 0.296 e. The molecule has 0 fully saturated rings. The molecule has 0 amide bonds. The summed E-state index contributed by atoms with van der Waals surface area (Å²) in [4.78, 5) is 5.22. The molecule has 0 atom stereocenters. The fourth-order valence-electron chi connectivity index (χ4n) is 0.839. The van der Waals surface area contributed by atoms with Crippen molar-refractivity contribution in [3.63, 3.8) is 0 Å². The lowest BCUT2D eigenvalue weighted by molar-refractivity contribution is 1.43. The van der Waals surface area contributed by atoms with Gasteiger partial charge in [0.25, 0.3) is 0 Å². The van der Waals surface area contributed by atoms with E-state index in [0.717, 1.165) is 5.56 Å². The van der Waals surface area contributed by atoms with Gasteiger partial charge in [-0.15, -0.1) is 11.8 Å². The normalized spacial score (nSPS) is 10.7. The van der Waals surface area contributed by atoms with E-state index in [0.29, 0.717) is 0 Å². The maximum atomic E-state index is 3.93. The van der Waals surface area contributed by atoms with Gasteiger partial charge in [-0.3, -0.25) is 4.99 Å². The molecule has 1 nitrogen and oxygen atoms in total. The predicted octanol–water partition coefficient (Wildman–Crippen LogP) is 2.46. The van der Waals surface area contributed by atoms with Gasteiger partial charge in [-0.1, -0.05) is 12.1 Å². The molecule has 1 aromatic carbocycles. The van der Waals surface area contributed by atoms with Gasteiger partial charge in [-0.2, -0.15) is 0 Å². The monoisotopic (exact) mass is 165 g/mol. The Morgan fingerprint density at radius 2 is 1.91 bits per heavy atom. The van der Waals surface area contributed by atoms with Gasteiger partial charge in [-0.05, 0) is 24.0 Å². The Kier molecular flexibility index (Phi) is 3.17. The van der Waals surface area contributed by atoms with Crippen LogP contribution in [0, 0.1) is 0 Å². The molecular weight excluding hydrogens is 154 g/mol. The lowest BCUT2D eigenvalue weighted by Gasteiger charge is -1.95. The van der Waals surface area contributed by atoms with Crippen molar-refractivity contribution in [2.75, 3.05) is 13.3 Å². The van der Waals surface area contributed by atoms with Crippen LogP contribution in [0.15, 0.2) is 34.2 Å². The first-order valence-electron chi connectivity index (χ1n) is 3.43. The van der Waals surface area contributed by atoms with E-state index in [1.807, 2.05) is 6.21 Å². The molecule has 0 aliphatic rings. The molecule has 0 aromatic heterocycles. The number of rotatable bonds is 2. The lowest BCUT2D eigenvalue weighted by Crippen LogP contribution is -1.78. The van der Waals surface area contributed by atoms with Gasteiger partial charge in [0, 0.05) is 18.2 Å². The van der Waals surface area contributed by atoms with Crippen LogP contribution in [0.4, 0.5) is 0 Å². The van der Waals surface area contributed by atoms with Crippen molar-refractivity contribution in [3.05, 3.63) is 29.8 Å². The van der Waals surface area contributed by atoms with E-state index in [9.17, 15) is 0 Å². The first kappa shape index (κ1) is 8.34. The molecule has 0 unspecified atom stereocenters. The van der Waals surface area contributed by atoms with Crippen molar-refractivity contribution in [2.24, 2.45) is 4.99 Å². The highest BCUT2D eigenvalue weighted by Crippen LogP contribution is 2.13. The molecule has 0 saturated heterocycles. The lowest BCUT2D eigenvalue weighted by atomic mass is 10.2. The number of hydrogen-bond acceptors (Lipinski definition) is 2. The SMILES string of the molecule is CN=Cc1ccc(SC)cc1. The molecule has 1 aromatic rings. The van der Waals surface area contributed by atoms with Gasteiger partial charge in [0.05, 0.1) is 0 Å². The fourth-order valence-corrected chi connectivity index (χ4v) is 1.25. The highest BCUT2D eigenvalue weighted by molar-refractivity contribution is 7.98. The quantitative estimate of drug-likeness (QED) is 0.484. The van der Waals surface area contributed by atoms with Crippen LogP contribution >= 0.6 is 11.8 Å². The third-order valence-corrected chi connectivity index (χ3v) is 2.14. The third kappa shape index (κ3) is 2.39. The maximum Gasteiger partial charge on any atom is 0.0281 e. The van der Waals surface area contributed by atoms with Crippen LogP contribution in [0.3, 0.4) is 0 Å². The van der Waals surface area contributed by atoms with Crippen molar-refractivity contribution < 1.29 is 0 Å². The van der Waals surface area contributed by atoms with E-state index < -0.39 is 0 Å². The Hall–Kier alpha value is -0.760. The highest BCUT2D eigenvalue weighted by Gasteiger charge is 1.88. The summed E-state index contributed by atoms with van der Waals surface area (Å²) in [6, 6.07) is 8.33. The number of hydrogen-bond donors (Lipinski definition) is 0. The molecule has 0 saturated carbocycles. The second kappa shape index (κ2) is 4.19. The smallest absolute Gasteiger partial charge is 0.0281 e. The van der Waals surface area contributed by atoms with Crippen LogP contribution in [0.1, 0.15) is 5.56 Å². The summed E-state index contributed by atoms with van der Waals surface area (Å²) in [5.41, 5.74) is 1.16. The molecule has 58 valence electrons. The van der Waals surface area contributed by atoms with E-state index in [4.69, 9.17) is 0 Å². The summed E-state index contributed by atoms with van der Waals surface area (Å²) in [5, 5.41) is 0. The van der Waals surface area contributed by atoms with Crippen molar-refractivity contribution in [1.29, 1.82) is 0 Å². The number of aliphatic imine (C=N–C) groups is 1. The molecule has 11 heavy (non-hydrogen) atoms. The van der Waals surface area contributed by atoms with Crippen molar-refractivity contribution in [1.82, 2.24) is 0 Å². The number of nitrogens with zero attached hydrogens (tertiary/aromatic N) is 1. The summed E-state index contributed by atoms with van der Waals surface area (Å²) in [5.74, 6) is 0. The van der Waals surface area contributed by atoms with Gasteiger partial charge >= 0.3 is 0 Å².